The predicted molar refractivity (Wildman–Crippen MR) is 83.9 cm³/mol. The summed E-state index contributed by atoms with van der Waals surface area (Å²) in [6.45, 7) is -0.197. The quantitative estimate of drug-likeness (QED) is 0.774. The first-order chi connectivity index (χ1) is 10.5. The largest absolute Gasteiger partial charge is 0.482 e. The summed E-state index contributed by atoms with van der Waals surface area (Å²) in [5.41, 5.74) is 0.506. The van der Waals surface area contributed by atoms with Crippen LogP contribution in [0.3, 0.4) is 0 Å². The van der Waals surface area contributed by atoms with Gasteiger partial charge in [-0.05, 0) is 36.4 Å². The van der Waals surface area contributed by atoms with Crippen LogP contribution < -0.4 is 10.1 Å². The van der Waals surface area contributed by atoms with Gasteiger partial charge in [-0.25, -0.2) is 0 Å². The Labute approximate surface area is 135 Å². The number of amides is 1. The van der Waals surface area contributed by atoms with Gasteiger partial charge in [0.05, 0.1) is 5.02 Å². The molecule has 0 aliphatic heterocycles. The van der Waals surface area contributed by atoms with Crippen LogP contribution in [0.25, 0.3) is 0 Å². The molecule has 0 aliphatic rings. The van der Waals surface area contributed by atoms with Crippen LogP contribution in [-0.2, 0) is 4.79 Å². The maximum atomic E-state index is 12.2. The van der Waals surface area contributed by atoms with E-state index in [1.54, 1.807) is 36.4 Å². The fraction of sp³-hybridized carbons (Fsp3) is 0.133. The molecule has 1 amide bonds. The third-order valence-electron chi connectivity index (χ3n) is 2.56. The minimum atomic E-state index is -2.47. The summed E-state index contributed by atoms with van der Waals surface area (Å²) >= 11 is 6.36. The minimum Gasteiger partial charge on any atom is -0.482 e. The number of rotatable bonds is 6. The molecule has 2 aromatic rings. The lowest BCUT2D eigenvalue weighted by molar-refractivity contribution is -0.118. The number of carbonyl (C=O) groups excluding carboxylic acids is 1. The van der Waals surface area contributed by atoms with E-state index in [1.165, 1.54) is 12.1 Å². The fourth-order valence-corrected chi connectivity index (χ4v) is 2.31. The lowest BCUT2D eigenvalue weighted by Gasteiger charge is -2.09. The van der Waals surface area contributed by atoms with E-state index in [0.717, 1.165) is 0 Å². The zero-order chi connectivity index (χ0) is 15.9. The molecule has 2 aromatic carbocycles. The zero-order valence-electron chi connectivity index (χ0n) is 11.3. The van der Waals surface area contributed by atoms with Crippen LogP contribution in [0, 0.1) is 0 Å². The number of hydrogen-bond acceptors (Lipinski definition) is 3. The smallest absolute Gasteiger partial charge is 0.288 e. The Bertz CT molecular complexity index is 638. The number of para-hydroxylation sites is 1. The van der Waals surface area contributed by atoms with Crippen molar-refractivity contribution >= 4 is 35.0 Å². The number of nitrogens with one attached hydrogen (secondary N) is 1. The van der Waals surface area contributed by atoms with Gasteiger partial charge in [-0.1, -0.05) is 35.5 Å². The molecule has 22 heavy (non-hydrogen) atoms. The molecule has 1 N–H and O–H groups in total. The van der Waals surface area contributed by atoms with E-state index in [1.807, 2.05) is 0 Å². The Hall–Kier alpha value is -1.79. The number of halogens is 3. The van der Waals surface area contributed by atoms with E-state index in [0.29, 0.717) is 33.1 Å². The van der Waals surface area contributed by atoms with Gasteiger partial charge in [-0.3, -0.25) is 4.79 Å². The summed E-state index contributed by atoms with van der Waals surface area (Å²) in [4.78, 5) is 12.2. The molecule has 3 nitrogen and oxygen atoms in total. The van der Waals surface area contributed by atoms with Crippen molar-refractivity contribution in [2.24, 2.45) is 0 Å². The average molecular weight is 344 g/mol. The molecule has 0 atom stereocenters. The Morgan fingerprint density at radius 2 is 1.86 bits per heavy atom. The number of ether oxygens (including phenoxy) is 1. The van der Waals surface area contributed by atoms with Crippen LogP contribution in [0.1, 0.15) is 0 Å². The molecule has 0 saturated carbocycles. The van der Waals surface area contributed by atoms with Gasteiger partial charge in [0.15, 0.2) is 6.61 Å². The lowest BCUT2D eigenvalue weighted by Crippen LogP contribution is -2.20. The van der Waals surface area contributed by atoms with Crippen LogP contribution in [-0.4, -0.2) is 18.3 Å². The Morgan fingerprint density at radius 1 is 1.18 bits per heavy atom. The standard InChI is InChI=1S/C15H12ClF2NO2S/c16-12-3-1-2-4-13(12)21-9-14(20)19-10-5-7-11(8-6-10)22-15(17)18/h1-8,15H,9H2,(H,19,20). The summed E-state index contributed by atoms with van der Waals surface area (Å²) in [5.74, 6) is -2.42. The van der Waals surface area contributed by atoms with Gasteiger partial charge in [-0.2, -0.15) is 8.78 Å². The second kappa shape index (κ2) is 8.00. The topological polar surface area (TPSA) is 38.3 Å². The Kier molecular flexibility index (Phi) is 6.03. The molecule has 0 saturated heterocycles. The van der Waals surface area contributed by atoms with Gasteiger partial charge < -0.3 is 10.1 Å². The van der Waals surface area contributed by atoms with Gasteiger partial charge in [-0.15, -0.1) is 0 Å². The van der Waals surface area contributed by atoms with Crippen molar-refractivity contribution in [3.05, 3.63) is 53.6 Å². The van der Waals surface area contributed by atoms with Crippen molar-refractivity contribution < 1.29 is 18.3 Å². The highest BCUT2D eigenvalue weighted by molar-refractivity contribution is 7.99. The maximum absolute atomic E-state index is 12.2. The SMILES string of the molecule is O=C(COc1ccccc1Cl)Nc1ccc(SC(F)F)cc1. The predicted octanol–water partition coefficient (Wildman–Crippen LogP) is 4.67. The van der Waals surface area contributed by atoms with Crippen LogP contribution in [0.5, 0.6) is 5.75 Å². The molecule has 0 heterocycles. The number of thioether (sulfide) groups is 1. The molecule has 0 unspecified atom stereocenters. The summed E-state index contributed by atoms with van der Waals surface area (Å²) in [5, 5.41) is 3.03. The van der Waals surface area contributed by atoms with E-state index in [2.05, 4.69) is 5.32 Å². The molecular weight excluding hydrogens is 332 g/mol. The highest BCUT2D eigenvalue weighted by atomic mass is 35.5. The highest BCUT2D eigenvalue weighted by Crippen LogP contribution is 2.26. The Balaban J connectivity index is 1.85. The lowest BCUT2D eigenvalue weighted by atomic mass is 10.3. The summed E-state index contributed by atoms with van der Waals surface area (Å²) < 4.78 is 29.7. The number of carbonyl (C=O) groups is 1. The number of hydrogen-bond donors (Lipinski definition) is 1. The number of anilines is 1. The van der Waals surface area contributed by atoms with E-state index < -0.39 is 5.76 Å². The maximum Gasteiger partial charge on any atom is 0.288 e. The molecular formula is C15H12ClF2NO2S. The van der Waals surface area contributed by atoms with Crippen molar-refractivity contribution in [1.82, 2.24) is 0 Å². The van der Waals surface area contributed by atoms with Crippen molar-refractivity contribution in [2.45, 2.75) is 10.7 Å². The first-order valence-corrected chi connectivity index (χ1v) is 7.52. The number of benzene rings is 2. The highest BCUT2D eigenvalue weighted by Gasteiger charge is 2.07. The molecule has 0 aliphatic carbocycles. The number of alkyl halides is 2. The van der Waals surface area contributed by atoms with Crippen molar-refractivity contribution in [3.8, 4) is 5.75 Å². The monoisotopic (exact) mass is 343 g/mol. The molecule has 0 radical (unpaired) electrons. The molecule has 0 aromatic heterocycles. The van der Waals surface area contributed by atoms with Gasteiger partial charge >= 0.3 is 0 Å². The average Bonchev–Trinajstić information content (AvgIpc) is 2.48. The van der Waals surface area contributed by atoms with Crippen LogP contribution >= 0.6 is 23.4 Å². The molecule has 0 spiro atoms. The molecule has 0 bridgehead atoms. The van der Waals surface area contributed by atoms with E-state index in [-0.39, 0.29) is 12.5 Å². The second-order valence-corrected chi connectivity index (χ2v) is 5.64. The minimum absolute atomic E-state index is 0.197. The van der Waals surface area contributed by atoms with E-state index >= 15 is 0 Å². The van der Waals surface area contributed by atoms with E-state index in [9.17, 15) is 13.6 Å². The fourth-order valence-electron chi connectivity index (χ4n) is 1.62. The molecule has 2 rings (SSSR count). The summed E-state index contributed by atoms with van der Waals surface area (Å²) in [7, 11) is 0. The van der Waals surface area contributed by atoms with E-state index in [4.69, 9.17) is 16.3 Å². The van der Waals surface area contributed by atoms with Crippen LogP contribution in [0.4, 0.5) is 14.5 Å². The normalized spacial score (nSPS) is 10.5. The molecule has 7 heteroatoms. The zero-order valence-corrected chi connectivity index (χ0v) is 12.8. The van der Waals surface area contributed by atoms with Gasteiger partial charge in [0.25, 0.3) is 11.7 Å². The van der Waals surface area contributed by atoms with Gasteiger partial charge in [0, 0.05) is 10.6 Å². The molecule has 116 valence electrons. The summed E-state index contributed by atoms with van der Waals surface area (Å²) in [6, 6.07) is 13.0. The van der Waals surface area contributed by atoms with Crippen molar-refractivity contribution in [2.75, 3.05) is 11.9 Å². The van der Waals surface area contributed by atoms with Crippen LogP contribution in [0.2, 0.25) is 5.02 Å². The van der Waals surface area contributed by atoms with Gasteiger partial charge in [0.2, 0.25) is 0 Å². The van der Waals surface area contributed by atoms with Gasteiger partial charge in [0.1, 0.15) is 5.75 Å². The van der Waals surface area contributed by atoms with Crippen molar-refractivity contribution in [1.29, 1.82) is 0 Å². The Morgan fingerprint density at radius 3 is 2.50 bits per heavy atom. The first kappa shape index (κ1) is 16.6. The summed E-state index contributed by atoms with van der Waals surface area (Å²) in [6.07, 6.45) is 0. The van der Waals surface area contributed by atoms with Crippen LogP contribution in [0.15, 0.2) is 53.4 Å². The first-order valence-electron chi connectivity index (χ1n) is 6.26. The van der Waals surface area contributed by atoms with Crippen molar-refractivity contribution in [3.63, 3.8) is 0 Å². The second-order valence-electron chi connectivity index (χ2n) is 4.17. The third-order valence-corrected chi connectivity index (χ3v) is 3.59. The molecule has 0 fully saturated rings. The third kappa shape index (κ3) is 5.20.